The van der Waals surface area contributed by atoms with Crippen LogP contribution in [0.2, 0.25) is 0 Å². The van der Waals surface area contributed by atoms with Crippen molar-refractivity contribution in [2.45, 2.75) is 13.0 Å². The van der Waals surface area contributed by atoms with Crippen LogP contribution in [-0.4, -0.2) is 30.8 Å². The van der Waals surface area contributed by atoms with E-state index in [1.165, 1.54) is 4.88 Å². The molecule has 0 spiro atoms. The van der Waals surface area contributed by atoms with Gasteiger partial charge in [0.1, 0.15) is 0 Å². The van der Waals surface area contributed by atoms with Crippen molar-refractivity contribution in [3.05, 3.63) is 28.3 Å². The Balaban J connectivity index is 1.88. The standard InChI is InChI=1S/C11H16N4OS/c1-12-8-10-13-14-11(16-10)15(2)6-5-9-4-3-7-17-9/h3-4,7,12H,5-6,8H2,1-2H3. The first kappa shape index (κ1) is 12.1. The average molecular weight is 252 g/mol. The summed E-state index contributed by atoms with van der Waals surface area (Å²) in [6.45, 7) is 1.48. The number of nitrogens with one attached hydrogen (secondary N) is 1. The number of hydrogen-bond donors (Lipinski definition) is 1. The minimum absolute atomic E-state index is 0.576. The molecule has 0 saturated heterocycles. The van der Waals surface area contributed by atoms with Gasteiger partial charge in [-0.15, -0.1) is 16.4 Å². The van der Waals surface area contributed by atoms with Gasteiger partial charge in [0, 0.05) is 18.5 Å². The Labute approximate surface area is 104 Å². The molecule has 5 nitrogen and oxygen atoms in total. The summed E-state index contributed by atoms with van der Waals surface area (Å²) in [5.74, 6) is 0.616. The van der Waals surface area contributed by atoms with Crippen LogP contribution in [0.25, 0.3) is 0 Å². The maximum absolute atomic E-state index is 5.50. The van der Waals surface area contributed by atoms with Crippen molar-refractivity contribution in [2.75, 3.05) is 25.5 Å². The molecule has 0 radical (unpaired) electrons. The van der Waals surface area contributed by atoms with Crippen LogP contribution in [0.3, 0.4) is 0 Å². The first-order valence-electron chi connectivity index (χ1n) is 5.50. The molecule has 0 bridgehead atoms. The Kier molecular flexibility index (Phi) is 4.11. The third kappa shape index (κ3) is 3.28. The highest BCUT2D eigenvalue weighted by Gasteiger charge is 2.10. The largest absolute Gasteiger partial charge is 0.407 e. The van der Waals surface area contributed by atoms with Gasteiger partial charge >= 0.3 is 6.01 Å². The summed E-state index contributed by atoms with van der Waals surface area (Å²) >= 11 is 1.77. The SMILES string of the molecule is CNCc1nnc(N(C)CCc2cccs2)o1. The second-order valence-electron chi connectivity index (χ2n) is 3.76. The summed E-state index contributed by atoms with van der Waals surface area (Å²) in [6, 6.07) is 4.78. The van der Waals surface area contributed by atoms with E-state index >= 15 is 0 Å². The average Bonchev–Trinajstić information content (AvgIpc) is 2.97. The summed E-state index contributed by atoms with van der Waals surface area (Å²) in [5, 5.41) is 13.0. The number of anilines is 1. The number of hydrogen-bond acceptors (Lipinski definition) is 6. The molecule has 0 atom stereocenters. The van der Waals surface area contributed by atoms with Crippen LogP contribution in [0.5, 0.6) is 0 Å². The zero-order valence-electron chi connectivity index (χ0n) is 10.0. The molecule has 2 aromatic heterocycles. The first-order valence-corrected chi connectivity index (χ1v) is 6.38. The molecule has 0 aliphatic rings. The molecule has 2 rings (SSSR count). The van der Waals surface area contributed by atoms with E-state index in [2.05, 4.69) is 33.0 Å². The highest BCUT2D eigenvalue weighted by atomic mass is 32.1. The van der Waals surface area contributed by atoms with Gasteiger partial charge in [-0.25, -0.2) is 0 Å². The molecule has 0 unspecified atom stereocenters. The van der Waals surface area contributed by atoms with Crippen LogP contribution in [0, 0.1) is 0 Å². The Morgan fingerprint density at radius 3 is 3.06 bits per heavy atom. The first-order chi connectivity index (χ1) is 8.29. The van der Waals surface area contributed by atoms with Crippen molar-refractivity contribution in [3.8, 4) is 0 Å². The molecule has 0 amide bonds. The summed E-state index contributed by atoms with van der Waals surface area (Å²) < 4.78 is 5.50. The zero-order valence-corrected chi connectivity index (χ0v) is 10.8. The van der Waals surface area contributed by atoms with E-state index < -0.39 is 0 Å². The van der Waals surface area contributed by atoms with E-state index in [4.69, 9.17) is 4.42 Å². The van der Waals surface area contributed by atoms with E-state index in [-0.39, 0.29) is 0 Å². The van der Waals surface area contributed by atoms with Crippen LogP contribution < -0.4 is 10.2 Å². The Morgan fingerprint density at radius 2 is 2.35 bits per heavy atom. The third-order valence-corrected chi connectivity index (χ3v) is 3.32. The second-order valence-corrected chi connectivity index (χ2v) is 4.79. The third-order valence-electron chi connectivity index (χ3n) is 2.38. The minimum atomic E-state index is 0.576. The minimum Gasteiger partial charge on any atom is -0.407 e. The number of thiophene rings is 1. The van der Waals surface area contributed by atoms with Crippen LogP contribution in [-0.2, 0) is 13.0 Å². The second kappa shape index (κ2) is 5.79. The van der Waals surface area contributed by atoms with E-state index in [1.807, 2.05) is 19.0 Å². The van der Waals surface area contributed by atoms with Gasteiger partial charge in [0.15, 0.2) is 0 Å². The number of nitrogens with zero attached hydrogens (tertiary/aromatic N) is 3. The van der Waals surface area contributed by atoms with Crippen LogP contribution in [0.1, 0.15) is 10.8 Å². The Bertz CT molecular complexity index is 440. The van der Waals surface area contributed by atoms with Crippen LogP contribution in [0.4, 0.5) is 6.01 Å². The van der Waals surface area contributed by atoms with E-state index in [0.29, 0.717) is 18.5 Å². The van der Waals surface area contributed by atoms with Crippen molar-refractivity contribution in [2.24, 2.45) is 0 Å². The summed E-state index contributed by atoms with van der Waals surface area (Å²) in [7, 11) is 3.81. The quantitative estimate of drug-likeness (QED) is 0.845. The maximum atomic E-state index is 5.50. The highest BCUT2D eigenvalue weighted by Crippen LogP contribution is 2.13. The smallest absolute Gasteiger partial charge is 0.317 e. The molecule has 17 heavy (non-hydrogen) atoms. The fourth-order valence-electron chi connectivity index (χ4n) is 1.45. The topological polar surface area (TPSA) is 54.2 Å². The summed E-state index contributed by atoms with van der Waals surface area (Å²) in [6.07, 6.45) is 0.998. The molecule has 0 fully saturated rings. The predicted octanol–water partition coefficient (Wildman–Crippen LogP) is 1.53. The summed E-state index contributed by atoms with van der Waals surface area (Å²) in [4.78, 5) is 3.35. The predicted molar refractivity (Wildman–Crippen MR) is 68.4 cm³/mol. The van der Waals surface area contributed by atoms with Crippen molar-refractivity contribution in [3.63, 3.8) is 0 Å². The van der Waals surface area contributed by atoms with Gasteiger partial charge in [-0.3, -0.25) is 0 Å². The lowest BCUT2D eigenvalue weighted by atomic mass is 10.3. The Morgan fingerprint density at radius 1 is 1.47 bits per heavy atom. The van der Waals surface area contributed by atoms with E-state index in [0.717, 1.165) is 13.0 Å². The number of rotatable bonds is 6. The van der Waals surface area contributed by atoms with Gasteiger partial charge in [0.05, 0.1) is 6.54 Å². The molecular formula is C11H16N4OS. The fraction of sp³-hybridized carbons (Fsp3) is 0.455. The van der Waals surface area contributed by atoms with Gasteiger partial charge in [-0.2, -0.15) is 0 Å². The van der Waals surface area contributed by atoms with Gasteiger partial charge in [0.25, 0.3) is 0 Å². The fourth-order valence-corrected chi connectivity index (χ4v) is 2.15. The maximum Gasteiger partial charge on any atom is 0.317 e. The number of aromatic nitrogens is 2. The van der Waals surface area contributed by atoms with Gasteiger partial charge in [-0.1, -0.05) is 11.2 Å². The van der Waals surface area contributed by atoms with Crippen molar-refractivity contribution < 1.29 is 4.42 Å². The molecule has 2 aromatic rings. The highest BCUT2D eigenvalue weighted by molar-refractivity contribution is 7.09. The zero-order chi connectivity index (χ0) is 12.1. The molecule has 2 heterocycles. The van der Waals surface area contributed by atoms with Crippen molar-refractivity contribution in [1.29, 1.82) is 0 Å². The molecular weight excluding hydrogens is 236 g/mol. The molecule has 1 N–H and O–H groups in total. The van der Waals surface area contributed by atoms with Crippen LogP contribution in [0.15, 0.2) is 21.9 Å². The molecule has 92 valence electrons. The molecule has 0 saturated carbocycles. The van der Waals surface area contributed by atoms with E-state index in [9.17, 15) is 0 Å². The van der Waals surface area contributed by atoms with Gasteiger partial charge in [0.2, 0.25) is 5.89 Å². The molecule has 6 heteroatoms. The van der Waals surface area contributed by atoms with Gasteiger partial charge < -0.3 is 14.6 Å². The van der Waals surface area contributed by atoms with Crippen molar-refractivity contribution >= 4 is 17.4 Å². The molecule has 0 aromatic carbocycles. The monoisotopic (exact) mass is 252 g/mol. The number of likely N-dealkylation sites (N-methyl/N-ethyl adjacent to an activating group) is 1. The van der Waals surface area contributed by atoms with Crippen molar-refractivity contribution in [1.82, 2.24) is 15.5 Å². The van der Waals surface area contributed by atoms with Gasteiger partial charge in [-0.05, 0) is 24.9 Å². The Hall–Kier alpha value is -1.40. The lowest BCUT2D eigenvalue weighted by Gasteiger charge is -2.12. The lowest BCUT2D eigenvalue weighted by molar-refractivity contribution is 0.476. The summed E-state index contributed by atoms with van der Waals surface area (Å²) in [5.41, 5.74) is 0. The lowest BCUT2D eigenvalue weighted by Crippen LogP contribution is -2.20. The molecule has 0 aliphatic heterocycles. The van der Waals surface area contributed by atoms with E-state index in [1.54, 1.807) is 11.3 Å². The molecule has 0 aliphatic carbocycles. The normalized spacial score (nSPS) is 10.7. The van der Waals surface area contributed by atoms with Crippen LogP contribution >= 0.6 is 11.3 Å².